The van der Waals surface area contributed by atoms with E-state index in [0.29, 0.717) is 11.1 Å². The topological polar surface area (TPSA) is 59.8 Å². The molecule has 2 saturated heterocycles. The van der Waals surface area contributed by atoms with Crippen LogP contribution >= 0.6 is 11.6 Å². The molecule has 2 aliphatic heterocycles. The van der Waals surface area contributed by atoms with E-state index in [1.54, 1.807) is 7.11 Å². The third-order valence-corrected chi connectivity index (χ3v) is 4.73. The van der Waals surface area contributed by atoms with Crippen LogP contribution in [0, 0.1) is 0 Å². The monoisotopic (exact) mass is 311 g/mol. The third-order valence-electron chi connectivity index (χ3n) is 4.49. The molecule has 0 amide bonds. The van der Waals surface area contributed by atoms with Crippen molar-refractivity contribution in [3.63, 3.8) is 0 Å². The van der Waals surface area contributed by atoms with E-state index in [1.165, 1.54) is 12.8 Å². The second-order valence-corrected chi connectivity index (χ2v) is 6.13. The molecular formula is C15H22ClN3O2. The van der Waals surface area contributed by atoms with Gasteiger partial charge in [0.2, 0.25) is 0 Å². The summed E-state index contributed by atoms with van der Waals surface area (Å²) < 4.78 is 11.5. The summed E-state index contributed by atoms with van der Waals surface area (Å²) in [6.45, 7) is 2.80. The van der Waals surface area contributed by atoms with Gasteiger partial charge in [0.15, 0.2) is 0 Å². The summed E-state index contributed by atoms with van der Waals surface area (Å²) in [6.07, 6.45) is 2.48. The second-order valence-electron chi connectivity index (χ2n) is 5.69. The van der Waals surface area contributed by atoms with Gasteiger partial charge in [0.25, 0.3) is 0 Å². The van der Waals surface area contributed by atoms with E-state index in [2.05, 4.69) is 10.3 Å². The quantitative estimate of drug-likeness (QED) is 0.655. The number of morpholine rings is 1. The lowest BCUT2D eigenvalue weighted by atomic mass is 9.99. The van der Waals surface area contributed by atoms with E-state index in [9.17, 15) is 0 Å². The predicted octanol–water partition coefficient (Wildman–Crippen LogP) is 1.72. The third kappa shape index (κ3) is 3.03. The number of methoxy groups -OCH3 is 1. The minimum absolute atomic E-state index is 0.00304. The van der Waals surface area contributed by atoms with Gasteiger partial charge < -0.3 is 9.47 Å². The van der Waals surface area contributed by atoms with Gasteiger partial charge in [-0.15, -0.1) is 0 Å². The van der Waals surface area contributed by atoms with Crippen molar-refractivity contribution in [2.45, 2.75) is 31.0 Å². The Balaban J connectivity index is 1.83. The highest BCUT2D eigenvalue weighted by Crippen LogP contribution is 2.34. The second kappa shape index (κ2) is 6.50. The first kappa shape index (κ1) is 15.1. The van der Waals surface area contributed by atoms with Crippen molar-refractivity contribution in [1.82, 2.24) is 10.3 Å². The first-order valence-corrected chi connectivity index (χ1v) is 7.76. The van der Waals surface area contributed by atoms with Gasteiger partial charge in [0.1, 0.15) is 5.75 Å². The van der Waals surface area contributed by atoms with Crippen LogP contribution in [0.3, 0.4) is 0 Å². The number of nitrogens with zero attached hydrogens (tertiary/aromatic N) is 1. The van der Waals surface area contributed by atoms with Gasteiger partial charge in [-0.05, 0) is 37.6 Å². The predicted molar refractivity (Wildman–Crippen MR) is 82.4 cm³/mol. The average Bonchev–Trinajstić information content (AvgIpc) is 2.96. The summed E-state index contributed by atoms with van der Waals surface area (Å²) >= 11 is 6.13. The Morgan fingerprint density at radius 1 is 1.52 bits per heavy atom. The fourth-order valence-electron chi connectivity index (χ4n) is 3.39. The standard InChI is InChI=1S/C15H22ClN3O2/c1-20-13-5-4-10(16)7-12(13)15(18-17)14-8-19-6-2-3-11(19)9-21-14/h4-5,7,11,14-15,18H,2-3,6,8-9,17H2,1H3. The molecule has 3 unspecified atom stereocenters. The van der Waals surface area contributed by atoms with Gasteiger partial charge in [-0.25, -0.2) is 0 Å². The van der Waals surface area contributed by atoms with Crippen molar-refractivity contribution in [1.29, 1.82) is 0 Å². The number of hydrogen-bond acceptors (Lipinski definition) is 5. The van der Waals surface area contributed by atoms with Crippen molar-refractivity contribution >= 4 is 11.6 Å². The van der Waals surface area contributed by atoms with E-state index >= 15 is 0 Å². The summed E-state index contributed by atoms with van der Waals surface area (Å²) in [7, 11) is 1.65. The van der Waals surface area contributed by atoms with E-state index in [4.69, 9.17) is 26.9 Å². The van der Waals surface area contributed by atoms with Crippen molar-refractivity contribution in [2.24, 2.45) is 5.84 Å². The molecule has 1 aromatic carbocycles. The number of hydrazine groups is 1. The Morgan fingerprint density at radius 2 is 2.38 bits per heavy atom. The van der Waals surface area contributed by atoms with Crippen molar-refractivity contribution in [3.8, 4) is 5.75 Å². The summed E-state index contributed by atoms with van der Waals surface area (Å²) in [5.41, 5.74) is 3.82. The molecule has 1 aromatic rings. The van der Waals surface area contributed by atoms with Gasteiger partial charge in [-0.2, -0.15) is 0 Å². The molecule has 3 N–H and O–H groups in total. The summed E-state index contributed by atoms with van der Waals surface area (Å²) in [5.74, 6) is 6.57. The molecule has 3 atom stereocenters. The molecule has 2 aliphatic rings. The number of nitrogens with one attached hydrogen (secondary N) is 1. The Bertz CT molecular complexity index is 500. The number of rotatable bonds is 4. The zero-order valence-corrected chi connectivity index (χ0v) is 13.0. The lowest BCUT2D eigenvalue weighted by Crippen LogP contribution is -2.51. The maximum Gasteiger partial charge on any atom is 0.123 e. The molecular weight excluding hydrogens is 290 g/mol. The molecule has 6 heteroatoms. The molecule has 116 valence electrons. The number of ether oxygens (including phenoxy) is 2. The minimum atomic E-state index is -0.139. The van der Waals surface area contributed by atoms with Crippen LogP contribution in [0.15, 0.2) is 18.2 Å². The minimum Gasteiger partial charge on any atom is -0.496 e. The maximum atomic E-state index is 6.13. The normalized spacial score (nSPS) is 27.4. The van der Waals surface area contributed by atoms with E-state index in [0.717, 1.165) is 31.0 Å². The average molecular weight is 312 g/mol. The molecule has 0 radical (unpaired) electrons. The van der Waals surface area contributed by atoms with Crippen molar-refractivity contribution in [2.75, 3.05) is 26.8 Å². The fourth-order valence-corrected chi connectivity index (χ4v) is 3.57. The summed E-state index contributed by atoms with van der Waals surface area (Å²) in [6, 6.07) is 6.00. The molecule has 5 nitrogen and oxygen atoms in total. The zero-order chi connectivity index (χ0) is 14.8. The number of halogens is 1. The lowest BCUT2D eigenvalue weighted by Gasteiger charge is -2.39. The molecule has 2 fully saturated rings. The molecule has 3 rings (SSSR count). The molecule has 0 saturated carbocycles. The highest BCUT2D eigenvalue weighted by molar-refractivity contribution is 6.30. The van der Waals surface area contributed by atoms with Gasteiger partial charge in [0, 0.05) is 23.2 Å². The molecule has 0 spiro atoms. The molecule has 0 bridgehead atoms. The van der Waals surface area contributed by atoms with Gasteiger partial charge in [0.05, 0.1) is 25.9 Å². The Morgan fingerprint density at radius 3 is 3.14 bits per heavy atom. The van der Waals surface area contributed by atoms with E-state index < -0.39 is 0 Å². The molecule has 0 aliphatic carbocycles. The number of hydrogen-bond donors (Lipinski definition) is 2. The van der Waals surface area contributed by atoms with Crippen LogP contribution in [0.5, 0.6) is 5.75 Å². The Hall–Kier alpha value is -0.850. The number of benzene rings is 1. The van der Waals surface area contributed by atoms with Crippen LogP contribution < -0.4 is 16.0 Å². The largest absolute Gasteiger partial charge is 0.496 e. The van der Waals surface area contributed by atoms with Crippen LogP contribution in [0.25, 0.3) is 0 Å². The Kier molecular flexibility index (Phi) is 4.66. The van der Waals surface area contributed by atoms with Crippen LogP contribution in [0.1, 0.15) is 24.4 Å². The highest BCUT2D eigenvalue weighted by atomic mass is 35.5. The van der Waals surface area contributed by atoms with E-state index in [1.807, 2.05) is 18.2 Å². The lowest BCUT2D eigenvalue weighted by molar-refractivity contribution is -0.0655. The van der Waals surface area contributed by atoms with Crippen LogP contribution in [0.4, 0.5) is 0 Å². The first-order chi connectivity index (χ1) is 10.2. The highest BCUT2D eigenvalue weighted by Gasteiger charge is 2.36. The maximum absolute atomic E-state index is 6.13. The summed E-state index contributed by atoms with van der Waals surface area (Å²) in [4.78, 5) is 2.50. The van der Waals surface area contributed by atoms with Crippen LogP contribution in [-0.2, 0) is 4.74 Å². The van der Waals surface area contributed by atoms with Gasteiger partial charge in [-0.1, -0.05) is 11.6 Å². The summed E-state index contributed by atoms with van der Waals surface area (Å²) in [5, 5.41) is 0.668. The SMILES string of the molecule is COc1ccc(Cl)cc1C(NN)C1CN2CCCC2CO1. The van der Waals surface area contributed by atoms with Crippen LogP contribution in [-0.4, -0.2) is 43.9 Å². The number of fused-ring (bicyclic) bond motifs is 1. The van der Waals surface area contributed by atoms with Crippen molar-refractivity contribution in [3.05, 3.63) is 28.8 Å². The molecule has 0 aromatic heterocycles. The smallest absolute Gasteiger partial charge is 0.123 e. The molecule has 21 heavy (non-hydrogen) atoms. The zero-order valence-electron chi connectivity index (χ0n) is 12.2. The fraction of sp³-hybridized carbons (Fsp3) is 0.600. The molecule has 2 heterocycles. The van der Waals surface area contributed by atoms with Gasteiger partial charge >= 0.3 is 0 Å². The van der Waals surface area contributed by atoms with Crippen LogP contribution in [0.2, 0.25) is 5.02 Å². The Labute approximate surface area is 130 Å². The number of nitrogens with two attached hydrogens (primary N) is 1. The van der Waals surface area contributed by atoms with E-state index in [-0.39, 0.29) is 12.1 Å². The van der Waals surface area contributed by atoms with Gasteiger partial charge in [-0.3, -0.25) is 16.2 Å². The van der Waals surface area contributed by atoms with Crippen molar-refractivity contribution < 1.29 is 9.47 Å². The first-order valence-electron chi connectivity index (χ1n) is 7.38.